The SMILES string of the molecule is Cc1ccccc1CN1CCCN(C(=O)CCNC(=O)c2ccoc2)CC1. The third kappa shape index (κ3) is 5.44. The minimum absolute atomic E-state index is 0.0974. The van der Waals surface area contributed by atoms with Crippen LogP contribution in [0.25, 0.3) is 0 Å². The largest absolute Gasteiger partial charge is 0.472 e. The molecule has 0 radical (unpaired) electrons. The van der Waals surface area contributed by atoms with E-state index in [0.717, 1.165) is 39.1 Å². The van der Waals surface area contributed by atoms with Crippen molar-refractivity contribution in [3.63, 3.8) is 0 Å². The fourth-order valence-corrected chi connectivity index (χ4v) is 3.34. The molecule has 6 nitrogen and oxygen atoms in total. The van der Waals surface area contributed by atoms with Crippen LogP contribution in [0.2, 0.25) is 0 Å². The first kappa shape index (κ1) is 19.2. The first-order chi connectivity index (χ1) is 13.1. The lowest BCUT2D eigenvalue weighted by molar-refractivity contribution is -0.130. The molecule has 1 saturated heterocycles. The molecule has 1 N–H and O–H groups in total. The number of nitrogens with zero attached hydrogens (tertiary/aromatic N) is 2. The topological polar surface area (TPSA) is 65.8 Å². The summed E-state index contributed by atoms with van der Waals surface area (Å²) < 4.78 is 4.89. The van der Waals surface area contributed by atoms with Crippen LogP contribution in [-0.4, -0.2) is 54.3 Å². The molecule has 0 spiro atoms. The van der Waals surface area contributed by atoms with Gasteiger partial charge in [0.15, 0.2) is 0 Å². The molecule has 0 atom stereocenters. The quantitative estimate of drug-likeness (QED) is 0.849. The van der Waals surface area contributed by atoms with Gasteiger partial charge < -0.3 is 14.6 Å². The molecule has 1 aliphatic heterocycles. The number of carbonyl (C=O) groups excluding carboxylic acids is 2. The van der Waals surface area contributed by atoms with Gasteiger partial charge in [-0.1, -0.05) is 24.3 Å². The highest BCUT2D eigenvalue weighted by Gasteiger charge is 2.19. The van der Waals surface area contributed by atoms with Gasteiger partial charge in [-0.25, -0.2) is 0 Å². The highest BCUT2D eigenvalue weighted by atomic mass is 16.3. The van der Waals surface area contributed by atoms with Gasteiger partial charge in [-0.05, 0) is 30.5 Å². The van der Waals surface area contributed by atoms with Gasteiger partial charge in [0.1, 0.15) is 6.26 Å². The smallest absolute Gasteiger partial charge is 0.254 e. The summed E-state index contributed by atoms with van der Waals surface area (Å²) in [5, 5.41) is 2.76. The van der Waals surface area contributed by atoms with Gasteiger partial charge in [-0.15, -0.1) is 0 Å². The van der Waals surface area contributed by atoms with Crippen molar-refractivity contribution in [1.82, 2.24) is 15.1 Å². The predicted octanol–water partition coefficient (Wildman–Crippen LogP) is 2.44. The minimum Gasteiger partial charge on any atom is -0.472 e. The highest BCUT2D eigenvalue weighted by molar-refractivity contribution is 5.94. The fraction of sp³-hybridized carbons (Fsp3) is 0.429. The van der Waals surface area contributed by atoms with Crippen LogP contribution in [0.3, 0.4) is 0 Å². The molecule has 0 bridgehead atoms. The Labute approximate surface area is 160 Å². The molecule has 1 aromatic carbocycles. The van der Waals surface area contributed by atoms with Crippen molar-refractivity contribution >= 4 is 11.8 Å². The Morgan fingerprint density at radius 1 is 1.11 bits per heavy atom. The van der Waals surface area contributed by atoms with E-state index in [0.29, 0.717) is 18.5 Å². The van der Waals surface area contributed by atoms with Crippen LogP contribution in [0.1, 0.15) is 34.3 Å². The van der Waals surface area contributed by atoms with Crippen LogP contribution in [0.15, 0.2) is 47.3 Å². The number of furan rings is 1. The van der Waals surface area contributed by atoms with E-state index in [-0.39, 0.29) is 11.8 Å². The van der Waals surface area contributed by atoms with Crippen LogP contribution >= 0.6 is 0 Å². The summed E-state index contributed by atoms with van der Waals surface area (Å²) in [4.78, 5) is 28.7. The molecule has 0 unspecified atom stereocenters. The number of aryl methyl sites for hydroxylation is 1. The van der Waals surface area contributed by atoms with E-state index >= 15 is 0 Å². The van der Waals surface area contributed by atoms with Gasteiger partial charge in [-0.3, -0.25) is 14.5 Å². The molecule has 0 saturated carbocycles. The molecular formula is C21H27N3O3. The second kappa shape index (κ2) is 9.37. The van der Waals surface area contributed by atoms with Crippen LogP contribution in [-0.2, 0) is 11.3 Å². The van der Waals surface area contributed by atoms with Gasteiger partial charge in [0.2, 0.25) is 5.91 Å². The molecule has 0 aliphatic carbocycles. The zero-order chi connectivity index (χ0) is 19.1. The first-order valence-corrected chi connectivity index (χ1v) is 9.48. The second-order valence-corrected chi connectivity index (χ2v) is 6.95. The summed E-state index contributed by atoms with van der Waals surface area (Å²) in [6.07, 6.45) is 4.15. The monoisotopic (exact) mass is 369 g/mol. The van der Waals surface area contributed by atoms with E-state index < -0.39 is 0 Å². The van der Waals surface area contributed by atoms with Crippen molar-refractivity contribution in [2.24, 2.45) is 0 Å². The number of rotatable bonds is 6. The zero-order valence-electron chi connectivity index (χ0n) is 15.8. The van der Waals surface area contributed by atoms with Gasteiger partial charge in [0, 0.05) is 45.7 Å². The number of hydrogen-bond acceptors (Lipinski definition) is 4. The number of benzene rings is 1. The maximum atomic E-state index is 12.5. The summed E-state index contributed by atoms with van der Waals surface area (Å²) in [7, 11) is 0. The zero-order valence-corrected chi connectivity index (χ0v) is 15.8. The lowest BCUT2D eigenvalue weighted by Gasteiger charge is -2.22. The molecule has 144 valence electrons. The molecule has 1 fully saturated rings. The molecular weight excluding hydrogens is 342 g/mol. The summed E-state index contributed by atoms with van der Waals surface area (Å²) in [6, 6.07) is 10.1. The van der Waals surface area contributed by atoms with Crippen molar-refractivity contribution < 1.29 is 14.0 Å². The number of hydrogen-bond donors (Lipinski definition) is 1. The summed E-state index contributed by atoms with van der Waals surface area (Å²) >= 11 is 0. The molecule has 2 aromatic rings. The molecule has 2 amide bonds. The van der Waals surface area contributed by atoms with E-state index in [1.54, 1.807) is 6.07 Å². The Balaban J connectivity index is 1.42. The Kier molecular flexibility index (Phi) is 6.65. The fourth-order valence-electron chi connectivity index (χ4n) is 3.34. The van der Waals surface area contributed by atoms with Crippen LogP contribution < -0.4 is 5.32 Å². The summed E-state index contributed by atoms with van der Waals surface area (Å²) in [5.74, 6) is -0.114. The third-order valence-electron chi connectivity index (χ3n) is 5.00. The summed E-state index contributed by atoms with van der Waals surface area (Å²) in [6.45, 7) is 6.79. The molecule has 27 heavy (non-hydrogen) atoms. The Morgan fingerprint density at radius 3 is 2.74 bits per heavy atom. The number of nitrogens with one attached hydrogen (secondary N) is 1. The van der Waals surface area contributed by atoms with E-state index in [1.165, 1.54) is 23.7 Å². The van der Waals surface area contributed by atoms with Gasteiger partial charge >= 0.3 is 0 Å². The van der Waals surface area contributed by atoms with Crippen molar-refractivity contribution in [1.29, 1.82) is 0 Å². The minimum atomic E-state index is -0.211. The molecule has 1 aromatic heterocycles. The summed E-state index contributed by atoms with van der Waals surface area (Å²) in [5.41, 5.74) is 3.13. The normalized spacial score (nSPS) is 15.4. The maximum absolute atomic E-state index is 12.5. The third-order valence-corrected chi connectivity index (χ3v) is 5.00. The highest BCUT2D eigenvalue weighted by Crippen LogP contribution is 2.13. The molecule has 1 aliphatic rings. The number of amides is 2. The Hall–Kier alpha value is -2.60. The van der Waals surface area contributed by atoms with Crippen molar-refractivity contribution in [3.8, 4) is 0 Å². The molecule has 3 rings (SSSR count). The average molecular weight is 369 g/mol. The van der Waals surface area contributed by atoms with Gasteiger partial charge in [0.25, 0.3) is 5.91 Å². The number of carbonyl (C=O) groups is 2. The van der Waals surface area contributed by atoms with Crippen LogP contribution in [0, 0.1) is 6.92 Å². The van der Waals surface area contributed by atoms with E-state index in [2.05, 4.69) is 41.4 Å². The first-order valence-electron chi connectivity index (χ1n) is 9.48. The maximum Gasteiger partial charge on any atom is 0.254 e. The Morgan fingerprint density at radius 2 is 1.96 bits per heavy atom. The molecule has 2 heterocycles. The predicted molar refractivity (Wildman–Crippen MR) is 103 cm³/mol. The Bertz CT molecular complexity index is 758. The van der Waals surface area contributed by atoms with E-state index in [4.69, 9.17) is 4.42 Å². The van der Waals surface area contributed by atoms with Crippen molar-refractivity contribution in [3.05, 3.63) is 59.5 Å². The van der Waals surface area contributed by atoms with Crippen molar-refractivity contribution in [2.45, 2.75) is 26.3 Å². The van der Waals surface area contributed by atoms with Crippen LogP contribution in [0.4, 0.5) is 0 Å². The van der Waals surface area contributed by atoms with Crippen LogP contribution in [0.5, 0.6) is 0 Å². The lowest BCUT2D eigenvalue weighted by atomic mass is 10.1. The van der Waals surface area contributed by atoms with Gasteiger partial charge in [0.05, 0.1) is 11.8 Å². The lowest BCUT2D eigenvalue weighted by Crippen LogP contribution is -2.37. The standard InChI is InChI=1S/C21H27N3O3/c1-17-5-2-3-6-18(17)15-23-10-4-11-24(13-12-23)20(25)7-9-22-21(26)19-8-14-27-16-19/h2-3,5-6,8,14,16H,4,7,9-13,15H2,1H3,(H,22,26). The van der Waals surface area contributed by atoms with Crippen molar-refractivity contribution in [2.75, 3.05) is 32.7 Å². The van der Waals surface area contributed by atoms with Gasteiger partial charge in [-0.2, -0.15) is 0 Å². The van der Waals surface area contributed by atoms with E-state index in [1.807, 2.05) is 4.90 Å². The van der Waals surface area contributed by atoms with E-state index in [9.17, 15) is 9.59 Å². The second-order valence-electron chi connectivity index (χ2n) is 6.95. The average Bonchev–Trinajstić information content (AvgIpc) is 3.10. The molecule has 6 heteroatoms.